The molecule has 0 radical (unpaired) electrons. The minimum Gasteiger partial charge on any atom is -0.373 e. The van der Waals surface area contributed by atoms with Gasteiger partial charge in [0.05, 0.1) is 13.2 Å². The molecule has 1 unspecified atom stereocenters. The van der Waals surface area contributed by atoms with Crippen LogP contribution in [0.25, 0.3) is 0 Å². The highest BCUT2D eigenvalue weighted by molar-refractivity contribution is 5.88. The van der Waals surface area contributed by atoms with Gasteiger partial charge in [-0.15, -0.1) is 0 Å². The molecule has 0 fully saturated rings. The predicted octanol–water partition coefficient (Wildman–Crippen LogP) is 2.83. The van der Waals surface area contributed by atoms with Gasteiger partial charge in [-0.2, -0.15) is 0 Å². The number of methoxy groups -OCH3 is 1. The summed E-state index contributed by atoms with van der Waals surface area (Å²) in [5, 5.41) is 0. The number of rotatable bonds is 7. The zero-order valence-corrected chi connectivity index (χ0v) is 11.6. The first kappa shape index (κ1) is 14.9. The van der Waals surface area contributed by atoms with Crippen LogP contribution in [0, 0.1) is 5.92 Å². The van der Waals surface area contributed by atoms with Crippen molar-refractivity contribution in [3.8, 4) is 0 Å². The molecular weight excluding hydrogens is 228 g/mol. The predicted molar refractivity (Wildman–Crippen MR) is 71.4 cm³/mol. The van der Waals surface area contributed by atoms with E-state index in [1.165, 1.54) is 0 Å². The molecule has 1 rings (SSSR count). The fourth-order valence-corrected chi connectivity index (χ4v) is 1.78. The van der Waals surface area contributed by atoms with Gasteiger partial charge in [0.2, 0.25) is 0 Å². The van der Waals surface area contributed by atoms with E-state index < -0.39 is 5.60 Å². The van der Waals surface area contributed by atoms with Crippen molar-refractivity contribution >= 4 is 5.78 Å². The van der Waals surface area contributed by atoms with Crippen molar-refractivity contribution in [2.75, 3.05) is 13.7 Å². The first-order valence-corrected chi connectivity index (χ1v) is 6.21. The fourth-order valence-electron chi connectivity index (χ4n) is 1.78. The highest BCUT2D eigenvalue weighted by Gasteiger charge is 2.34. The van der Waals surface area contributed by atoms with Crippen LogP contribution in [-0.4, -0.2) is 25.1 Å². The Hall–Kier alpha value is -1.19. The maximum atomic E-state index is 12.0. The van der Waals surface area contributed by atoms with E-state index in [-0.39, 0.29) is 18.3 Å². The van der Waals surface area contributed by atoms with Crippen molar-refractivity contribution in [3.63, 3.8) is 0 Å². The molecule has 0 aliphatic carbocycles. The van der Waals surface area contributed by atoms with E-state index >= 15 is 0 Å². The second-order valence-corrected chi connectivity index (χ2v) is 4.93. The summed E-state index contributed by atoms with van der Waals surface area (Å²) < 4.78 is 10.9. The van der Waals surface area contributed by atoms with Crippen LogP contribution in [0.1, 0.15) is 26.3 Å². The zero-order chi connectivity index (χ0) is 13.6. The number of ketones is 1. The van der Waals surface area contributed by atoms with Gasteiger partial charge in [-0.1, -0.05) is 44.2 Å². The van der Waals surface area contributed by atoms with Crippen molar-refractivity contribution in [3.05, 3.63) is 35.9 Å². The average Bonchev–Trinajstić information content (AvgIpc) is 2.38. The second kappa shape index (κ2) is 6.66. The zero-order valence-electron chi connectivity index (χ0n) is 11.6. The third kappa shape index (κ3) is 3.93. The highest BCUT2D eigenvalue weighted by atomic mass is 16.5. The summed E-state index contributed by atoms with van der Waals surface area (Å²) in [6.07, 6.45) is 0. The number of hydrogen-bond donors (Lipinski definition) is 0. The number of ether oxygens (including phenoxy) is 2. The third-order valence-corrected chi connectivity index (χ3v) is 2.99. The van der Waals surface area contributed by atoms with Crippen molar-refractivity contribution in [1.82, 2.24) is 0 Å². The molecule has 3 nitrogen and oxygen atoms in total. The summed E-state index contributed by atoms with van der Waals surface area (Å²) >= 11 is 0. The Morgan fingerprint density at radius 1 is 1.28 bits per heavy atom. The van der Waals surface area contributed by atoms with Crippen molar-refractivity contribution in [2.45, 2.75) is 33.0 Å². The smallest absolute Gasteiger partial charge is 0.169 e. The maximum absolute atomic E-state index is 12.0. The summed E-state index contributed by atoms with van der Waals surface area (Å²) in [5.41, 5.74) is 0.233. The molecule has 0 bridgehead atoms. The monoisotopic (exact) mass is 250 g/mol. The van der Waals surface area contributed by atoms with Gasteiger partial charge in [-0.05, 0) is 12.5 Å². The Kier molecular flexibility index (Phi) is 5.51. The third-order valence-electron chi connectivity index (χ3n) is 2.99. The number of hydrogen-bond acceptors (Lipinski definition) is 3. The van der Waals surface area contributed by atoms with Gasteiger partial charge in [0.15, 0.2) is 5.78 Å². The molecule has 1 aromatic rings. The second-order valence-electron chi connectivity index (χ2n) is 4.93. The molecular formula is C15H22O3. The van der Waals surface area contributed by atoms with E-state index in [1.807, 2.05) is 44.2 Å². The summed E-state index contributed by atoms with van der Waals surface area (Å²) in [5.74, 6) is 0.00772. The minimum absolute atomic E-state index is 0.0599. The van der Waals surface area contributed by atoms with Crippen LogP contribution in [0.5, 0.6) is 0 Å². The van der Waals surface area contributed by atoms with Crippen LogP contribution in [0.4, 0.5) is 0 Å². The lowest BCUT2D eigenvalue weighted by molar-refractivity contribution is -0.150. The Bertz CT molecular complexity index is 373. The first-order chi connectivity index (χ1) is 8.49. The molecule has 1 aromatic carbocycles. The van der Waals surface area contributed by atoms with Crippen molar-refractivity contribution in [1.29, 1.82) is 0 Å². The molecule has 0 saturated carbocycles. The molecule has 3 heteroatoms. The maximum Gasteiger partial charge on any atom is 0.169 e. The number of carbonyl (C=O) groups excluding carboxylic acids is 1. The Balaban J connectivity index is 2.52. The molecule has 0 saturated heterocycles. The van der Waals surface area contributed by atoms with Gasteiger partial charge in [0, 0.05) is 13.0 Å². The van der Waals surface area contributed by atoms with E-state index in [0.717, 1.165) is 5.56 Å². The number of carbonyl (C=O) groups is 1. The van der Waals surface area contributed by atoms with Gasteiger partial charge in [0.1, 0.15) is 5.60 Å². The van der Waals surface area contributed by atoms with Crippen LogP contribution >= 0.6 is 0 Å². The van der Waals surface area contributed by atoms with E-state index in [4.69, 9.17) is 9.47 Å². The van der Waals surface area contributed by atoms with Crippen molar-refractivity contribution < 1.29 is 14.3 Å². The number of Topliss-reactive ketones (excluding diaryl/α,β-unsaturated/α-hetero) is 1. The van der Waals surface area contributed by atoms with Crippen LogP contribution in [0.2, 0.25) is 0 Å². The van der Waals surface area contributed by atoms with Gasteiger partial charge in [-0.25, -0.2) is 0 Å². The topological polar surface area (TPSA) is 35.5 Å². The lowest BCUT2D eigenvalue weighted by Crippen LogP contribution is -2.44. The lowest BCUT2D eigenvalue weighted by Gasteiger charge is -2.28. The van der Waals surface area contributed by atoms with Crippen LogP contribution in [0.3, 0.4) is 0 Å². The van der Waals surface area contributed by atoms with Crippen LogP contribution in [0.15, 0.2) is 30.3 Å². The summed E-state index contributed by atoms with van der Waals surface area (Å²) in [7, 11) is 1.55. The Morgan fingerprint density at radius 3 is 2.39 bits per heavy atom. The van der Waals surface area contributed by atoms with Crippen LogP contribution in [-0.2, 0) is 20.9 Å². The van der Waals surface area contributed by atoms with Gasteiger partial charge in [-0.3, -0.25) is 4.79 Å². The Morgan fingerprint density at radius 2 is 1.89 bits per heavy atom. The number of benzene rings is 1. The first-order valence-electron chi connectivity index (χ1n) is 6.21. The summed E-state index contributed by atoms with van der Waals surface area (Å²) in [6, 6.07) is 9.88. The highest BCUT2D eigenvalue weighted by Crippen LogP contribution is 2.17. The quantitative estimate of drug-likeness (QED) is 0.746. The molecule has 0 amide bonds. The molecule has 0 aliphatic rings. The lowest BCUT2D eigenvalue weighted by atomic mass is 9.93. The normalized spacial score (nSPS) is 14.5. The van der Waals surface area contributed by atoms with Gasteiger partial charge < -0.3 is 9.47 Å². The molecule has 0 aliphatic heterocycles. The average molecular weight is 250 g/mol. The molecule has 18 heavy (non-hydrogen) atoms. The Labute approximate surface area is 109 Å². The minimum atomic E-state index is -0.858. The van der Waals surface area contributed by atoms with E-state index in [1.54, 1.807) is 14.0 Å². The summed E-state index contributed by atoms with van der Waals surface area (Å²) in [6.45, 7) is 6.29. The largest absolute Gasteiger partial charge is 0.373 e. The van der Waals surface area contributed by atoms with E-state index in [9.17, 15) is 4.79 Å². The van der Waals surface area contributed by atoms with Gasteiger partial charge >= 0.3 is 0 Å². The van der Waals surface area contributed by atoms with Gasteiger partial charge in [0.25, 0.3) is 0 Å². The molecule has 0 N–H and O–H groups in total. The van der Waals surface area contributed by atoms with E-state index in [0.29, 0.717) is 6.61 Å². The van der Waals surface area contributed by atoms with Crippen LogP contribution < -0.4 is 0 Å². The molecule has 0 spiro atoms. The molecule has 0 aromatic heterocycles. The standard InChI is InChI=1S/C15H22O3/c1-12(2)14(16)15(3,17-4)11-18-10-13-8-6-5-7-9-13/h5-9,12H,10-11H2,1-4H3. The summed E-state index contributed by atoms with van der Waals surface area (Å²) in [4.78, 5) is 12.0. The van der Waals surface area contributed by atoms with E-state index in [2.05, 4.69) is 0 Å². The molecule has 0 heterocycles. The van der Waals surface area contributed by atoms with Crippen molar-refractivity contribution in [2.24, 2.45) is 5.92 Å². The SMILES string of the molecule is COC(C)(COCc1ccccc1)C(=O)C(C)C. The molecule has 1 atom stereocenters. The molecule has 100 valence electrons. The fraction of sp³-hybridized carbons (Fsp3) is 0.533.